The van der Waals surface area contributed by atoms with E-state index >= 15 is 0 Å². The molecule has 0 saturated carbocycles. The van der Waals surface area contributed by atoms with E-state index in [9.17, 15) is 24.6 Å². The van der Waals surface area contributed by atoms with Crippen LogP contribution in [-0.2, 0) is 27.2 Å². The predicted molar refractivity (Wildman–Crippen MR) is 111 cm³/mol. The number of carbonyl (C=O) groups is 3. The van der Waals surface area contributed by atoms with Crippen molar-refractivity contribution in [3.63, 3.8) is 0 Å². The van der Waals surface area contributed by atoms with Crippen molar-refractivity contribution in [1.82, 2.24) is 10.6 Å². The highest BCUT2D eigenvalue weighted by Gasteiger charge is 2.29. The van der Waals surface area contributed by atoms with Gasteiger partial charge in [0.05, 0.1) is 6.10 Å². The molecular formula is C22H27N3O5. The summed E-state index contributed by atoms with van der Waals surface area (Å²) in [6, 6.07) is 14.5. The molecule has 8 heteroatoms. The molecule has 2 aromatic carbocycles. The molecule has 160 valence electrons. The lowest BCUT2D eigenvalue weighted by atomic mass is 10.0. The molecular weight excluding hydrogens is 386 g/mol. The van der Waals surface area contributed by atoms with E-state index in [-0.39, 0.29) is 12.8 Å². The summed E-state index contributed by atoms with van der Waals surface area (Å²) in [6.45, 7) is 1.37. The molecule has 0 fully saturated rings. The minimum Gasteiger partial charge on any atom is -0.480 e. The molecule has 0 aliphatic rings. The zero-order valence-electron chi connectivity index (χ0n) is 16.7. The van der Waals surface area contributed by atoms with Gasteiger partial charge in [0.2, 0.25) is 11.8 Å². The van der Waals surface area contributed by atoms with Gasteiger partial charge in [-0.1, -0.05) is 60.7 Å². The van der Waals surface area contributed by atoms with Crippen LogP contribution in [0.3, 0.4) is 0 Å². The number of carboxylic acid groups (broad SMARTS) is 1. The summed E-state index contributed by atoms with van der Waals surface area (Å²) in [6.07, 6.45) is -0.862. The molecule has 0 bridgehead atoms. The zero-order chi connectivity index (χ0) is 22.1. The topological polar surface area (TPSA) is 142 Å². The first kappa shape index (κ1) is 23.1. The van der Waals surface area contributed by atoms with E-state index in [2.05, 4.69) is 10.6 Å². The van der Waals surface area contributed by atoms with Gasteiger partial charge in [-0.05, 0) is 18.1 Å². The maximum Gasteiger partial charge on any atom is 0.326 e. The fraction of sp³-hybridized carbons (Fsp3) is 0.318. The highest BCUT2D eigenvalue weighted by molar-refractivity contribution is 5.92. The number of hydrogen-bond donors (Lipinski definition) is 5. The summed E-state index contributed by atoms with van der Waals surface area (Å²) in [7, 11) is 0. The molecule has 4 atom stereocenters. The second-order valence-corrected chi connectivity index (χ2v) is 7.11. The van der Waals surface area contributed by atoms with Gasteiger partial charge in [0.25, 0.3) is 0 Å². The quantitative estimate of drug-likeness (QED) is 0.378. The van der Waals surface area contributed by atoms with Gasteiger partial charge >= 0.3 is 5.97 Å². The summed E-state index contributed by atoms with van der Waals surface area (Å²) in [5, 5.41) is 24.1. The van der Waals surface area contributed by atoms with E-state index in [0.29, 0.717) is 0 Å². The van der Waals surface area contributed by atoms with Crippen LogP contribution in [0.25, 0.3) is 0 Å². The Labute approximate surface area is 175 Å². The summed E-state index contributed by atoms with van der Waals surface area (Å²) < 4.78 is 0. The van der Waals surface area contributed by atoms with Crippen LogP contribution < -0.4 is 16.4 Å². The van der Waals surface area contributed by atoms with Gasteiger partial charge in [0.15, 0.2) is 0 Å². The third-order valence-corrected chi connectivity index (χ3v) is 4.64. The lowest BCUT2D eigenvalue weighted by molar-refractivity contribution is -0.142. The number of benzene rings is 2. The minimum absolute atomic E-state index is 0.0983. The Morgan fingerprint density at radius 1 is 0.833 bits per heavy atom. The van der Waals surface area contributed by atoms with E-state index in [1.165, 1.54) is 6.92 Å². The lowest BCUT2D eigenvalue weighted by Gasteiger charge is -2.24. The largest absolute Gasteiger partial charge is 0.480 e. The maximum absolute atomic E-state index is 12.9. The molecule has 6 N–H and O–H groups in total. The number of nitrogens with one attached hydrogen (secondary N) is 2. The SMILES string of the molecule is CC(O)C(N)C(=O)NC(Cc1ccccc1)C(=O)NC(Cc1ccccc1)C(=O)O. The Morgan fingerprint density at radius 2 is 1.27 bits per heavy atom. The van der Waals surface area contributed by atoms with Crippen LogP contribution in [0, 0.1) is 0 Å². The Hall–Kier alpha value is -3.23. The molecule has 0 spiro atoms. The second kappa shape index (κ2) is 11.1. The standard InChI is InChI=1S/C22H27N3O5/c1-14(26)19(23)21(28)24-17(12-15-8-4-2-5-9-15)20(27)25-18(22(29)30)13-16-10-6-3-7-11-16/h2-11,14,17-19,26H,12-13,23H2,1H3,(H,24,28)(H,25,27)(H,29,30). The maximum atomic E-state index is 12.9. The molecule has 0 aliphatic carbocycles. The molecule has 30 heavy (non-hydrogen) atoms. The van der Waals surface area contributed by atoms with Gasteiger partial charge in [0, 0.05) is 12.8 Å². The van der Waals surface area contributed by atoms with Crippen LogP contribution >= 0.6 is 0 Å². The molecule has 0 heterocycles. The number of carboxylic acids is 1. The number of hydrogen-bond acceptors (Lipinski definition) is 5. The molecule has 8 nitrogen and oxygen atoms in total. The average Bonchev–Trinajstić information content (AvgIpc) is 2.73. The van der Waals surface area contributed by atoms with E-state index in [1.54, 1.807) is 48.5 Å². The average molecular weight is 413 g/mol. The van der Waals surface area contributed by atoms with E-state index in [4.69, 9.17) is 5.73 Å². The number of aliphatic hydroxyl groups is 1. The van der Waals surface area contributed by atoms with Gasteiger partial charge in [-0.3, -0.25) is 9.59 Å². The van der Waals surface area contributed by atoms with Gasteiger partial charge in [-0.2, -0.15) is 0 Å². The van der Waals surface area contributed by atoms with E-state index in [1.807, 2.05) is 12.1 Å². The molecule has 2 rings (SSSR count). The van der Waals surface area contributed by atoms with Crippen LogP contribution in [0.5, 0.6) is 0 Å². The van der Waals surface area contributed by atoms with E-state index in [0.717, 1.165) is 11.1 Å². The van der Waals surface area contributed by atoms with Crippen molar-refractivity contribution in [2.75, 3.05) is 0 Å². The highest BCUT2D eigenvalue weighted by Crippen LogP contribution is 2.07. The molecule has 0 aliphatic heterocycles. The minimum atomic E-state index is -1.21. The Morgan fingerprint density at radius 3 is 1.70 bits per heavy atom. The molecule has 2 amide bonds. The Balaban J connectivity index is 2.16. The van der Waals surface area contributed by atoms with Gasteiger partial charge < -0.3 is 26.6 Å². The molecule has 0 aromatic heterocycles. The number of amides is 2. The van der Waals surface area contributed by atoms with Gasteiger partial charge in [-0.15, -0.1) is 0 Å². The third kappa shape index (κ3) is 6.98. The summed E-state index contributed by atoms with van der Waals surface area (Å²) in [4.78, 5) is 36.9. The molecule has 0 radical (unpaired) electrons. The van der Waals surface area contributed by atoms with Crippen LogP contribution in [0.2, 0.25) is 0 Å². The number of carbonyl (C=O) groups excluding carboxylic acids is 2. The number of nitrogens with two attached hydrogens (primary N) is 1. The number of rotatable bonds is 10. The monoisotopic (exact) mass is 413 g/mol. The normalized spacial score (nSPS) is 14.8. The second-order valence-electron chi connectivity index (χ2n) is 7.11. The van der Waals surface area contributed by atoms with Crippen molar-refractivity contribution < 1.29 is 24.6 Å². The van der Waals surface area contributed by atoms with Crippen molar-refractivity contribution in [3.8, 4) is 0 Å². The van der Waals surface area contributed by atoms with Gasteiger partial charge in [0.1, 0.15) is 18.1 Å². The van der Waals surface area contributed by atoms with Crippen LogP contribution in [-0.4, -0.2) is 52.2 Å². The fourth-order valence-electron chi connectivity index (χ4n) is 2.87. The summed E-state index contributed by atoms with van der Waals surface area (Å²) in [5.74, 6) is -2.53. The van der Waals surface area contributed by atoms with Gasteiger partial charge in [-0.25, -0.2) is 4.79 Å². The van der Waals surface area contributed by atoms with E-state index < -0.39 is 42.0 Å². The molecule has 2 aromatic rings. The van der Waals surface area contributed by atoms with Crippen LogP contribution in [0.4, 0.5) is 0 Å². The van der Waals surface area contributed by atoms with Crippen LogP contribution in [0.15, 0.2) is 60.7 Å². The highest BCUT2D eigenvalue weighted by atomic mass is 16.4. The Kier molecular flexibility index (Phi) is 8.52. The van der Waals surface area contributed by atoms with Crippen molar-refractivity contribution in [1.29, 1.82) is 0 Å². The zero-order valence-corrected chi connectivity index (χ0v) is 16.7. The molecule has 0 saturated heterocycles. The summed E-state index contributed by atoms with van der Waals surface area (Å²) >= 11 is 0. The first-order valence-electron chi connectivity index (χ1n) is 9.63. The van der Waals surface area contributed by atoms with Crippen molar-refractivity contribution >= 4 is 17.8 Å². The fourth-order valence-corrected chi connectivity index (χ4v) is 2.87. The first-order valence-corrected chi connectivity index (χ1v) is 9.63. The number of aliphatic hydroxyl groups excluding tert-OH is 1. The predicted octanol–water partition coefficient (Wildman–Crippen LogP) is 0.234. The third-order valence-electron chi connectivity index (χ3n) is 4.64. The van der Waals surface area contributed by atoms with Crippen molar-refractivity contribution in [2.45, 2.75) is 44.0 Å². The smallest absolute Gasteiger partial charge is 0.326 e. The number of aliphatic carboxylic acids is 1. The summed E-state index contributed by atoms with van der Waals surface area (Å²) in [5.41, 5.74) is 7.20. The van der Waals surface area contributed by atoms with Crippen molar-refractivity contribution in [3.05, 3.63) is 71.8 Å². The van der Waals surface area contributed by atoms with Crippen LogP contribution in [0.1, 0.15) is 18.1 Å². The first-order chi connectivity index (χ1) is 14.3. The lowest BCUT2D eigenvalue weighted by Crippen LogP contribution is -2.57. The Bertz CT molecular complexity index is 842. The van der Waals surface area contributed by atoms with Crippen molar-refractivity contribution in [2.24, 2.45) is 5.73 Å². The molecule has 4 unspecified atom stereocenters.